The summed E-state index contributed by atoms with van der Waals surface area (Å²) in [6.07, 6.45) is 0.976. The summed E-state index contributed by atoms with van der Waals surface area (Å²) in [4.78, 5) is 11.9. The van der Waals surface area contributed by atoms with Crippen LogP contribution in [0.3, 0.4) is 0 Å². The lowest BCUT2D eigenvalue weighted by Crippen LogP contribution is -2.39. The minimum atomic E-state index is -0.242. The second-order valence-electron chi connectivity index (χ2n) is 4.80. The van der Waals surface area contributed by atoms with E-state index in [-0.39, 0.29) is 18.6 Å². The molecule has 0 aliphatic carbocycles. The van der Waals surface area contributed by atoms with Gasteiger partial charge >= 0.3 is 0 Å². The van der Waals surface area contributed by atoms with Crippen molar-refractivity contribution < 1.29 is 9.90 Å². The summed E-state index contributed by atoms with van der Waals surface area (Å²) in [5.41, 5.74) is 2.08. The Morgan fingerprint density at radius 2 is 1.50 bits per heavy atom. The zero-order valence-electron chi connectivity index (χ0n) is 11.3. The van der Waals surface area contributed by atoms with Gasteiger partial charge in [-0.1, -0.05) is 60.7 Å². The standard InChI is InChI=1S/C17H19NO2/c19-13-16(11-14-7-3-1-4-8-14)18-17(20)12-15-9-5-2-6-10-15/h1-10,16,19H,11-13H2,(H,18,20)/t16-/m0/s1. The van der Waals surface area contributed by atoms with Gasteiger partial charge in [-0.15, -0.1) is 0 Å². The van der Waals surface area contributed by atoms with Gasteiger partial charge in [0.15, 0.2) is 0 Å². The molecule has 2 N–H and O–H groups in total. The average Bonchev–Trinajstić information content (AvgIpc) is 2.48. The van der Waals surface area contributed by atoms with E-state index in [1.807, 2.05) is 60.7 Å². The van der Waals surface area contributed by atoms with E-state index < -0.39 is 0 Å². The van der Waals surface area contributed by atoms with Crippen LogP contribution in [0.4, 0.5) is 0 Å². The first-order chi connectivity index (χ1) is 9.78. The van der Waals surface area contributed by atoms with Gasteiger partial charge in [0.05, 0.1) is 19.1 Å². The molecule has 2 rings (SSSR count). The fourth-order valence-corrected chi connectivity index (χ4v) is 2.12. The highest BCUT2D eigenvalue weighted by atomic mass is 16.3. The largest absolute Gasteiger partial charge is 0.394 e. The number of carbonyl (C=O) groups excluding carboxylic acids is 1. The zero-order chi connectivity index (χ0) is 14.2. The molecule has 20 heavy (non-hydrogen) atoms. The van der Waals surface area contributed by atoms with Gasteiger partial charge in [0.25, 0.3) is 0 Å². The lowest BCUT2D eigenvalue weighted by atomic mass is 10.1. The Kier molecular flexibility index (Phi) is 5.33. The van der Waals surface area contributed by atoms with Crippen LogP contribution in [0.2, 0.25) is 0 Å². The normalized spacial score (nSPS) is 11.8. The Morgan fingerprint density at radius 1 is 0.950 bits per heavy atom. The molecule has 0 saturated heterocycles. The van der Waals surface area contributed by atoms with Crippen molar-refractivity contribution in [2.24, 2.45) is 0 Å². The van der Waals surface area contributed by atoms with Crippen molar-refractivity contribution in [3.63, 3.8) is 0 Å². The fraction of sp³-hybridized carbons (Fsp3) is 0.235. The maximum Gasteiger partial charge on any atom is 0.224 e. The van der Waals surface area contributed by atoms with Crippen molar-refractivity contribution in [3.8, 4) is 0 Å². The van der Waals surface area contributed by atoms with Gasteiger partial charge in [0.2, 0.25) is 5.91 Å². The van der Waals surface area contributed by atoms with Crippen LogP contribution in [-0.2, 0) is 17.6 Å². The van der Waals surface area contributed by atoms with Gasteiger partial charge in [-0.2, -0.15) is 0 Å². The van der Waals surface area contributed by atoms with Crippen molar-refractivity contribution in [2.45, 2.75) is 18.9 Å². The smallest absolute Gasteiger partial charge is 0.224 e. The molecule has 3 heteroatoms. The van der Waals surface area contributed by atoms with E-state index in [1.54, 1.807) is 0 Å². The molecule has 0 bridgehead atoms. The molecule has 3 nitrogen and oxygen atoms in total. The van der Waals surface area contributed by atoms with Gasteiger partial charge in [0.1, 0.15) is 0 Å². The zero-order valence-corrected chi connectivity index (χ0v) is 11.3. The molecule has 0 saturated carbocycles. The van der Waals surface area contributed by atoms with Gasteiger partial charge < -0.3 is 10.4 Å². The Balaban J connectivity index is 1.88. The van der Waals surface area contributed by atoms with E-state index in [1.165, 1.54) is 0 Å². The molecule has 1 atom stereocenters. The van der Waals surface area contributed by atoms with Crippen LogP contribution in [0.5, 0.6) is 0 Å². The van der Waals surface area contributed by atoms with Crippen molar-refractivity contribution in [1.29, 1.82) is 0 Å². The molecule has 0 aromatic heterocycles. The van der Waals surface area contributed by atoms with E-state index in [0.29, 0.717) is 12.8 Å². The number of benzene rings is 2. The first kappa shape index (κ1) is 14.3. The Hall–Kier alpha value is -2.13. The summed E-state index contributed by atoms with van der Waals surface area (Å²) in [6, 6.07) is 19.2. The fourth-order valence-electron chi connectivity index (χ4n) is 2.12. The van der Waals surface area contributed by atoms with Gasteiger partial charge in [-0.3, -0.25) is 4.79 Å². The molecule has 0 aliphatic rings. The number of hydrogen-bond donors (Lipinski definition) is 2. The lowest BCUT2D eigenvalue weighted by molar-refractivity contribution is -0.121. The number of amides is 1. The predicted molar refractivity (Wildman–Crippen MR) is 79.3 cm³/mol. The summed E-state index contributed by atoms with van der Waals surface area (Å²) < 4.78 is 0. The van der Waals surface area contributed by atoms with Crippen LogP contribution in [0.1, 0.15) is 11.1 Å². The first-order valence-electron chi connectivity index (χ1n) is 6.76. The van der Waals surface area contributed by atoms with E-state index in [4.69, 9.17) is 0 Å². The minimum absolute atomic E-state index is 0.0601. The number of hydrogen-bond acceptors (Lipinski definition) is 2. The summed E-state index contributed by atoms with van der Waals surface area (Å²) in [5, 5.41) is 12.3. The molecule has 104 valence electrons. The van der Waals surface area contributed by atoms with E-state index in [2.05, 4.69) is 5.32 Å². The Labute approximate surface area is 119 Å². The molecule has 0 spiro atoms. The van der Waals surface area contributed by atoms with Gasteiger partial charge in [-0.05, 0) is 17.5 Å². The van der Waals surface area contributed by atoms with Gasteiger partial charge in [-0.25, -0.2) is 0 Å². The topological polar surface area (TPSA) is 49.3 Å². The molecule has 0 fully saturated rings. The number of aliphatic hydroxyl groups excluding tert-OH is 1. The summed E-state index contributed by atoms with van der Waals surface area (Å²) in [5.74, 6) is -0.0637. The van der Waals surface area contributed by atoms with Crippen LogP contribution < -0.4 is 5.32 Å². The average molecular weight is 269 g/mol. The minimum Gasteiger partial charge on any atom is -0.394 e. The molecule has 0 radical (unpaired) electrons. The maximum absolute atomic E-state index is 11.9. The Bertz CT molecular complexity index is 525. The number of carbonyl (C=O) groups is 1. The number of nitrogens with one attached hydrogen (secondary N) is 1. The lowest BCUT2D eigenvalue weighted by Gasteiger charge is -2.16. The monoisotopic (exact) mass is 269 g/mol. The maximum atomic E-state index is 11.9. The van der Waals surface area contributed by atoms with Crippen LogP contribution in [0, 0.1) is 0 Å². The highest BCUT2D eigenvalue weighted by molar-refractivity contribution is 5.78. The van der Waals surface area contributed by atoms with Crippen molar-refractivity contribution in [1.82, 2.24) is 5.32 Å². The number of rotatable bonds is 6. The summed E-state index contributed by atoms with van der Waals surface area (Å²) in [6.45, 7) is -0.0601. The second-order valence-corrected chi connectivity index (χ2v) is 4.80. The molecular formula is C17H19NO2. The number of aliphatic hydroxyl groups is 1. The summed E-state index contributed by atoms with van der Waals surface area (Å²) >= 11 is 0. The molecule has 0 aliphatic heterocycles. The molecular weight excluding hydrogens is 250 g/mol. The van der Waals surface area contributed by atoms with E-state index >= 15 is 0 Å². The quantitative estimate of drug-likeness (QED) is 0.842. The third kappa shape index (κ3) is 4.52. The first-order valence-corrected chi connectivity index (χ1v) is 6.76. The van der Waals surface area contributed by atoms with Crippen LogP contribution >= 0.6 is 0 Å². The molecule has 0 unspecified atom stereocenters. The van der Waals surface area contributed by atoms with Crippen molar-refractivity contribution >= 4 is 5.91 Å². The van der Waals surface area contributed by atoms with Gasteiger partial charge in [0, 0.05) is 0 Å². The molecule has 2 aromatic rings. The molecule has 0 heterocycles. The van der Waals surface area contributed by atoms with Crippen LogP contribution in [0.25, 0.3) is 0 Å². The highest BCUT2D eigenvalue weighted by Gasteiger charge is 2.12. The summed E-state index contributed by atoms with van der Waals surface area (Å²) in [7, 11) is 0. The second kappa shape index (κ2) is 7.46. The third-order valence-corrected chi connectivity index (χ3v) is 3.12. The third-order valence-electron chi connectivity index (χ3n) is 3.12. The van der Waals surface area contributed by atoms with Crippen molar-refractivity contribution in [3.05, 3.63) is 71.8 Å². The molecule has 2 aromatic carbocycles. The SMILES string of the molecule is O=C(Cc1ccccc1)N[C@H](CO)Cc1ccccc1. The van der Waals surface area contributed by atoms with E-state index in [0.717, 1.165) is 11.1 Å². The molecule has 1 amide bonds. The van der Waals surface area contributed by atoms with E-state index in [9.17, 15) is 9.90 Å². The van der Waals surface area contributed by atoms with Crippen molar-refractivity contribution in [2.75, 3.05) is 6.61 Å². The predicted octanol–water partition coefficient (Wildman–Crippen LogP) is 1.95. The van der Waals surface area contributed by atoms with Crippen LogP contribution in [-0.4, -0.2) is 23.7 Å². The highest BCUT2D eigenvalue weighted by Crippen LogP contribution is 2.04. The van der Waals surface area contributed by atoms with Crippen LogP contribution in [0.15, 0.2) is 60.7 Å². The Morgan fingerprint density at radius 3 is 2.05 bits per heavy atom.